The van der Waals surface area contributed by atoms with Gasteiger partial charge in [0.1, 0.15) is 0 Å². The lowest BCUT2D eigenvalue weighted by Crippen LogP contribution is -2.41. The third kappa shape index (κ3) is 4.55. The summed E-state index contributed by atoms with van der Waals surface area (Å²) in [7, 11) is 0. The summed E-state index contributed by atoms with van der Waals surface area (Å²) in [6.07, 6.45) is 2.32. The van der Waals surface area contributed by atoms with Crippen molar-refractivity contribution in [3.05, 3.63) is 0 Å². The first-order valence-electron chi connectivity index (χ1n) is 6.98. The van der Waals surface area contributed by atoms with Crippen LogP contribution in [0.1, 0.15) is 19.3 Å². The second kappa shape index (κ2) is 7.07. The van der Waals surface area contributed by atoms with E-state index in [0.717, 1.165) is 65.3 Å². The Hall–Kier alpha value is -0.650. The van der Waals surface area contributed by atoms with Gasteiger partial charge in [-0.15, -0.1) is 0 Å². The highest BCUT2D eigenvalue weighted by molar-refractivity contribution is 5.66. The zero-order valence-electron chi connectivity index (χ0n) is 11.0. The standard InChI is InChI=1S/C13H24N2O3/c16-13(17)2-1-12-3-4-15(11-12)6-5-14-7-9-18-10-8-14/h12H,1-11H2,(H,16,17). The van der Waals surface area contributed by atoms with E-state index in [2.05, 4.69) is 9.80 Å². The second-order valence-electron chi connectivity index (χ2n) is 5.34. The lowest BCUT2D eigenvalue weighted by atomic mass is 10.0. The zero-order valence-corrected chi connectivity index (χ0v) is 11.0. The third-order valence-corrected chi connectivity index (χ3v) is 3.97. The SMILES string of the molecule is O=C(O)CCC1CCN(CCN2CCOCC2)C1. The van der Waals surface area contributed by atoms with E-state index in [-0.39, 0.29) is 0 Å². The van der Waals surface area contributed by atoms with Gasteiger partial charge >= 0.3 is 5.97 Å². The molecule has 0 spiro atoms. The molecule has 0 aromatic rings. The summed E-state index contributed by atoms with van der Waals surface area (Å²) in [6.45, 7) is 8.28. The van der Waals surface area contributed by atoms with Crippen molar-refractivity contribution in [3.8, 4) is 0 Å². The Morgan fingerprint density at radius 3 is 2.61 bits per heavy atom. The van der Waals surface area contributed by atoms with Crippen LogP contribution in [0.4, 0.5) is 0 Å². The zero-order chi connectivity index (χ0) is 12.8. The first-order valence-corrected chi connectivity index (χ1v) is 6.98. The summed E-state index contributed by atoms with van der Waals surface area (Å²) in [4.78, 5) is 15.5. The van der Waals surface area contributed by atoms with Crippen LogP contribution in [0.15, 0.2) is 0 Å². The molecule has 2 aliphatic rings. The number of hydrogen-bond donors (Lipinski definition) is 1. The maximum Gasteiger partial charge on any atom is 0.303 e. The number of morpholine rings is 1. The number of ether oxygens (including phenoxy) is 1. The average Bonchev–Trinajstić information content (AvgIpc) is 2.83. The van der Waals surface area contributed by atoms with Crippen LogP contribution in [0.2, 0.25) is 0 Å². The lowest BCUT2D eigenvalue weighted by molar-refractivity contribution is -0.137. The third-order valence-electron chi connectivity index (χ3n) is 3.97. The van der Waals surface area contributed by atoms with Gasteiger partial charge in [-0.2, -0.15) is 0 Å². The maximum absolute atomic E-state index is 10.5. The molecule has 104 valence electrons. The molecule has 0 radical (unpaired) electrons. The van der Waals surface area contributed by atoms with E-state index in [1.54, 1.807) is 0 Å². The summed E-state index contributed by atoms with van der Waals surface area (Å²) in [5.74, 6) is -0.0763. The Morgan fingerprint density at radius 2 is 1.89 bits per heavy atom. The van der Waals surface area contributed by atoms with Gasteiger partial charge in [0, 0.05) is 39.1 Å². The topological polar surface area (TPSA) is 53.0 Å². The van der Waals surface area contributed by atoms with Crippen molar-refractivity contribution in [1.29, 1.82) is 0 Å². The van der Waals surface area contributed by atoms with E-state index >= 15 is 0 Å². The molecule has 2 rings (SSSR count). The lowest BCUT2D eigenvalue weighted by Gasteiger charge is -2.28. The Morgan fingerprint density at radius 1 is 1.17 bits per heavy atom. The largest absolute Gasteiger partial charge is 0.481 e. The highest BCUT2D eigenvalue weighted by Gasteiger charge is 2.23. The molecule has 5 heteroatoms. The van der Waals surface area contributed by atoms with Gasteiger partial charge in [0.05, 0.1) is 13.2 Å². The number of nitrogens with zero attached hydrogens (tertiary/aromatic N) is 2. The van der Waals surface area contributed by atoms with Crippen molar-refractivity contribution in [2.24, 2.45) is 5.92 Å². The van der Waals surface area contributed by atoms with Crippen LogP contribution < -0.4 is 0 Å². The molecule has 0 amide bonds. The van der Waals surface area contributed by atoms with Crippen molar-refractivity contribution in [2.75, 3.05) is 52.5 Å². The van der Waals surface area contributed by atoms with Crippen LogP contribution in [0, 0.1) is 5.92 Å². The number of carboxylic acid groups (broad SMARTS) is 1. The van der Waals surface area contributed by atoms with Gasteiger partial charge in [-0.25, -0.2) is 0 Å². The van der Waals surface area contributed by atoms with Gasteiger partial charge < -0.3 is 14.7 Å². The number of aliphatic carboxylic acids is 1. The number of hydrogen-bond acceptors (Lipinski definition) is 4. The summed E-state index contributed by atoms with van der Waals surface area (Å²) < 4.78 is 5.33. The van der Waals surface area contributed by atoms with Gasteiger partial charge in [0.15, 0.2) is 0 Å². The molecule has 5 nitrogen and oxygen atoms in total. The predicted octanol–water partition coefficient (Wildman–Crippen LogP) is 0.505. The fourth-order valence-electron chi connectivity index (χ4n) is 2.79. The molecule has 0 aromatic heterocycles. The average molecular weight is 256 g/mol. The summed E-state index contributed by atoms with van der Waals surface area (Å²) in [6, 6.07) is 0. The van der Waals surface area contributed by atoms with E-state index in [1.807, 2.05) is 0 Å². The molecule has 0 bridgehead atoms. The smallest absolute Gasteiger partial charge is 0.303 e. The first kappa shape index (κ1) is 13.8. The second-order valence-corrected chi connectivity index (χ2v) is 5.34. The fourth-order valence-corrected chi connectivity index (χ4v) is 2.79. The van der Waals surface area contributed by atoms with E-state index in [0.29, 0.717) is 12.3 Å². The number of carbonyl (C=O) groups is 1. The van der Waals surface area contributed by atoms with Gasteiger partial charge in [-0.05, 0) is 25.3 Å². The number of rotatable bonds is 6. The van der Waals surface area contributed by atoms with Gasteiger partial charge in [-0.3, -0.25) is 9.69 Å². The molecule has 0 aromatic carbocycles. The molecular weight excluding hydrogens is 232 g/mol. The van der Waals surface area contributed by atoms with Crippen molar-refractivity contribution in [1.82, 2.24) is 9.80 Å². The molecule has 2 saturated heterocycles. The van der Waals surface area contributed by atoms with E-state index in [9.17, 15) is 4.79 Å². The van der Waals surface area contributed by atoms with Crippen LogP contribution >= 0.6 is 0 Å². The monoisotopic (exact) mass is 256 g/mol. The summed E-state index contributed by atoms with van der Waals surface area (Å²) >= 11 is 0. The first-order chi connectivity index (χ1) is 8.74. The number of carboxylic acids is 1. The molecule has 1 N–H and O–H groups in total. The van der Waals surface area contributed by atoms with Crippen molar-refractivity contribution in [3.63, 3.8) is 0 Å². The molecule has 0 aliphatic carbocycles. The summed E-state index contributed by atoms with van der Waals surface area (Å²) in [5, 5.41) is 8.68. The Kier molecular flexibility index (Phi) is 5.41. The molecule has 2 aliphatic heterocycles. The minimum absolute atomic E-state index is 0.321. The summed E-state index contributed by atoms with van der Waals surface area (Å²) in [5.41, 5.74) is 0. The molecular formula is C13H24N2O3. The highest BCUT2D eigenvalue weighted by Crippen LogP contribution is 2.20. The minimum Gasteiger partial charge on any atom is -0.481 e. The van der Waals surface area contributed by atoms with E-state index in [4.69, 9.17) is 9.84 Å². The van der Waals surface area contributed by atoms with Crippen LogP contribution in [-0.4, -0.2) is 73.4 Å². The molecule has 18 heavy (non-hydrogen) atoms. The van der Waals surface area contributed by atoms with Crippen molar-refractivity contribution >= 4 is 5.97 Å². The van der Waals surface area contributed by atoms with Gasteiger partial charge in [0.25, 0.3) is 0 Å². The molecule has 2 fully saturated rings. The van der Waals surface area contributed by atoms with Gasteiger partial charge in [0.2, 0.25) is 0 Å². The fraction of sp³-hybridized carbons (Fsp3) is 0.923. The maximum atomic E-state index is 10.5. The Balaban J connectivity index is 1.58. The van der Waals surface area contributed by atoms with E-state index in [1.165, 1.54) is 0 Å². The molecule has 0 saturated carbocycles. The quantitative estimate of drug-likeness (QED) is 0.750. The van der Waals surface area contributed by atoms with Crippen LogP contribution in [0.5, 0.6) is 0 Å². The van der Waals surface area contributed by atoms with Gasteiger partial charge in [-0.1, -0.05) is 0 Å². The normalized spacial score (nSPS) is 26.6. The van der Waals surface area contributed by atoms with Crippen LogP contribution in [0.3, 0.4) is 0 Å². The highest BCUT2D eigenvalue weighted by atomic mass is 16.5. The molecule has 1 atom stereocenters. The van der Waals surface area contributed by atoms with Crippen molar-refractivity contribution in [2.45, 2.75) is 19.3 Å². The van der Waals surface area contributed by atoms with Crippen molar-refractivity contribution < 1.29 is 14.6 Å². The predicted molar refractivity (Wildman–Crippen MR) is 68.7 cm³/mol. The Labute approximate surface area is 109 Å². The van der Waals surface area contributed by atoms with Crippen LogP contribution in [0.25, 0.3) is 0 Å². The van der Waals surface area contributed by atoms with Crippen LogP contribution in [-0.2, 0) is 9.53 Å². The number of likely N-dealkylation sites (tertiary alicyclic amines) is 1. The Bertz CT molecular complexity index is 267. The minimum atomic E-state index is -0.665. The molecule has 2 heterocycles. The van der Waals surface area contributed by atoms with E-state index < -0.39 is 5.97 Å². The molecule has 1 unspecified atom stereocenters.